The van der Waals surface area contributed by atoms with Gasteiger partial charge in [-0.3, -0.25) is 9.67 Å². The first kappa shape index (κ1) is 7.50. The molecule has 68 valence electrons. The third kappa shape index (κ3) is 0.865. The van der Waals surface area contributed by atoms with Crippen LogP contribution in [0.4, 0.5) is 0 Å². The maximum atomic E-state index is 4.30. The number of nitrogens with zero attached hydrogens (tertiary/aromatic N) is 3. The number of aromatic nitrogens is 3. The highest BCUT2D eigenvalue weighted by atomic mass is 15.2. The highest BCUT2D eigenvalue weighted by Crippen LogP contribution is 2.22. The van der Waals surface area contributed by atoms with E-state index in [9.17, 15) is 0 Å². The molecule has 0 aliphatic heterocycles. The molecule has 0 unspecified atom stereocenters. The second-order valence-corrected chi connectivity index (χ2v) is 3.34. The van der Waals surface area contributed by atoms with Crippen molar-refractivity contribution in [1.29, 1.82) is 0 Å². The molecule has 2 aromatic heterocycles. The predicted molar refractivity (Wildman–Crippen MR) is 56.0 cm³/mol. The Hall–Kier alpha value is -1.90. The lowest BCUT2D eigenvalue weighted by atomic mass is 10.1. The fourth-order valence-electron chi connectivity index (χ4n) is 1.79. The Morgan fingerprint density at radius 2 is 2.07 bits per heavy atom. The summed E-state index contributed by atoms with van der Waals surface area (Å²) >= 11 is 0. The first-order valence-corrected chi connectivity index (χ1v) is 4.52. The van der Waals surface area contributed by atoms with Crippen LogP contribution in [0.3, 0.4) is 0 Å². The van der Waals surface area contributed by atoms with Gasteiger partial charge in [0.05, 0.1) is 17.2 Å². The molecular formula is C11H9N3. The van der Waals surface area contributed by atoms with Gasteiger partial charge in [0.2, 0.25) is 0 Å². The maximum Gasteiger partial charge on any atom is 0.0710 e. The normalized spacial score (nSPS) is 11.2. The second kappa shape index (κ2) is 2.54. The van der Waals surface area contributed by atoms with Gasteiger partial charge in [-0.1, -0.05) is 6.07 Å². The zero-order chi connectivity index (χ0) is 9.54. The summed E-state index contributed by atoms with van der Waals surface area (Å²) in [6.07, 6.45) is 3.70. The van der Waals surface area contributed by atoms with Crippen molar-refractivity contribution in [3.8, 4) is 0 Å². The minimum Gasteiger partial charge on any atom is -0.268 e. The third-order valence-electron chi connectivity index (χ3n) is 2.51. The number of fused-ring (bicyclic) bond motifs is 3. The lowest BCUT2D eigenvalue weighted by molar-refractivity contribution is 0.797. The van der Waals surface area contributed by atoms with Crippen molar-refractivity contribution in [2.45, 2.75) is 0 Å². The van der Waals surface area contributed by atoms with Crippen LogP contribution in [0.25, 0.3) is 21.8 Å². The molecule has 0 aliphatic carbocycles. The van der Waals surface area contributed by atoms with Gasteiger partial charge in [-0.2, -0.15) is 5.10 Å². The van der Waals surface area contributed by atoms with Crippen LogP contribution in [-0.2, 0) is 7.05 Å². The van der Waals surface area contributed by atoms with Gasteiger partial charge in [-0.15, -0.1) is 0 Å². The molecule has 1 aromatic carbocycles. The lowest BCUT2D eigenvalue weighted by Crippen LogP contribution is -1.88. The zero-order valence-corrected chi connectivity index (χ0v) is 7.81. The SMILES string of the molecule is Cn1ncc2c3cccnc3ccc21. The molecule has 0 saturated carbocycles. The van der Waals surface area contributed by atoms with Gasteiger partial charge in [0, 0.05) is 24.0 Å². The fourth-order valence-corrected chi connectivity index (χ4v) is 1.79. The molecule has 2 heterocycles. The van der Waals surface area contributed by atoms with Gasteiger partial charge in [-0.05, 0) is 18.2 Å². The van der Waals surface area contributed by atoms with Crippen molar-refractivity contribution >= 4 is 21.8 Å². The molecule has 0 atom stereocenters. The molecular weight excluding hydrogens is 174 g/mol. The molecule has 0 amide bonds. The average molecular weight is 183 g/mol. The summed E-state index contributed by atoms with van der Waals surface area (Å²) in [6, 6.07) is 8.11. The molecule has 0 fully saturated rings. The Morgan fingerprint density at radius 1 is 1.14 bits per heavy atom. The molecule has 14 heavy (non-hydrogen) atoms. The van der Waals surface area contributed by atoms with Gasteiger partial charge in [0.1, 0.15) is 0 Å². The van der Waals surface area contributed by atoms with E-state index in [1.54, 1.807) is 0 Å². The van der Waals surface area contributed by atoms with Crippen molar-refractivity contribution < 1.29 is 0 Å². The summed E-state index contributed by atoms with van der Waals surface area (Å²) in [5, 5.41) is 6.56. The smallest absolute Gasteiger partial charge is 0.0710 e. The first-order chi connectivity index (χ1) is 6.86. The van der Waals surface area contributed by atoms with E-state index in [2.05, 4.69) is 22.2 Å². The van der Waals surface area contributed by atoms with E-state index in [4.69, 9.17) is 0 Å². The average Bonchev–Trinajstić information content (AvgIpc) is 2.61. The van der Waals surface area contributed by atoms with Crippen molar-refractivity contribution in [3.05, 3.63) is 36.7 Å². The summed E-state index contributed by atoms with van der Waals surface area (Å²) in [5.74, 6) is 0. The van der Waals surface area contributed by atoms with E-state index < -0.39 is 0 Å². The van der Waals surface area contributed by atoms with Crippen molar-refractivity contribution in [1.82, 2.24) is 14.8 Å². The van der Waals surface area contributed by atoms with Gasteiger partial charge in [-0.25, -0.2) is 0 Å². The molecule has 0 spiro atoms. The van der Waals surface area contributed by atoms with Crippen molar-refractivity contribution in [2.24, 2.45) is 7.05 Å². The Bertz CT molecular complexity index is 610. The number of benzene rings is 1. The minimum atomic E-state index is 1.02. The van der Waals surface area contributed by atoms with E-state index in [-0.39, 0.29) is 0 Å². The largest absolute Gasteiger partial charge is 0.268 e. The van der Waals surface area contributed by atoms with E-state index >= 15 is 0 Å². The third-order valence-corrected chi connectivity index (χ3v) is 2.51. The summed E-state index contributed by atoms with van der Waals surface area (Å²) in [6.45, 7) is 0. The Kier molecular flexibility index (Phi) is 1.36. The topological polar surface area (TPSA) is 30.7 Å². The van der Waals surface area contributed by atoms with E-state index in [0.29, 0.717) is 0 Å². The Balaban J connectivity index is 2.61. The molecule has 3 heteroatoms. The standard InChI is InChI=1S/C11H9N3/c1-14-11-5-4-10-8(3-2-6-12-10)9(11)7-13-14/h2-7H,1H3. The zero-order valence-electron chi connectivity index (χ0n) is 7.81. The van der Waals surface area contributed by atoms with Gasteiger partial charge >= 0.3 is 0 Å². The molecule has 0 N–H and O–H groups in total. The maximum absolute atomic E-state index is 4.30. The molecule has 0 bridgehead atoms. The molecule has 3 nitrogen and oxygen atoms in total. The summed E-state index contributed by atoms with van der Waals surface area (Å²) in [4.78, 5) is 4.30. The monoisotopic (exact) mass is 183 g/mol. The van der Waals surface area contributed by atoms with Crippen LogP contribution < -0.4 is 0 Å². The van der Waals surface area contributed by atoms with Crippen LogP contribution in [0.5, 0.6) is 0 Å². The van der Waals surface area contributed by atoms with E-state index in [1.807, 2.05) is 36.3 Å². The molecule has 0 aliphatic rings. The van der Waals surface area contributed by atoms with Gasteiger partial charge in [0.25, 0.3) is 0 Å². The number of hydrogen-bond acceptors (Lipinski definition) is 2. The van der Waals surface area contributed by atoms with Gasteiger partial charge < -0.3 is 0 Å². The summed E-state index contributed by atoms with van der Waals surface area (Å²) in [5.41, 5.74) is 2.17. The van der Waals surface area contributed by atoms with Crippen molar-refractivity contribution in [2.75, 3.05) is 0 Å². The first-order valence-electron chi connectivity index (χ1n) is 4.52. The van der Waals surface area contributed by atoms with Crippen LogP contribution in [0.2, 0.25) is 0 Å². The van der Waals surface area contributed by atoms with Crippen LogP contribution in [0.15, 0.2) is 36.7 Å². The highest BCUT2D eigenvalue weighted by Gasteiger charge is 2.03. The second-order valence-electron chi connectivity index (χ2n) is 3.34. The molecule has 0 radical (unpaired) electrons. The summed E-state index contributed by atoms with van der Waals surface area (Å²) < 4.78 is 1.88. The Labute approximate surface area is 81.0 Å². The number of hydrogen-bond donors (Lipinski definition) is 0. The lowest BCUT2D eigenvalue weighted by Gasteiger charge is -1.98. The summed E-state index contributed by atoms with van der Waals surface area (Å²) in [7, 11) is 1.95. The molecule has 3 rings (SSSR count). The molecule has 3 aromatic rings. The van der Waals surface area contributed by atoms with Crippen LogP contribution in [0.1, 0.15) is 0 Å². The van der Waals surface area contributed by atoms with Crippen LogP contribution in [-0.4, -0.2) is 14.8 Å². The van der Waals surface area contributed by atoms with Crippen LogP contribution >= 0.6 is 0 Å². The number of pyridine rings is 1. The number of aryl methyl sites for hydroxylation is 1. The quantitative estimate of drug-likeness (QED) is 0.534. The minimum absolute atomic E-state index is 1.02. The van der Waals surface area contributed by atoms with E-state index in [1.165, 1.54) is 0 Å². The van der Waals surface area contributed by atoms with Gasteiger partial charge in [0.15, 0.2) is 0 Å². The number of rotatable bonds is 0. The Morgan fingerprint density at radius 3 is 3.00 bits per heavy atom. The molecule has 0 saturated heterocycles. The predicted octanol–water partition coefficient (Wildman–Crippen LogP) is 2.12. The highest BCUT2D eigenvalue weighted by molar-refractivity contribution is 6.04. The fraction of sp³-hybridized carbons (Fsp3) is 0.0909. The van der Waals surface area contributed by atoms with E-state index in [0.717, 1.165) is 21.8 Å². The van der Waals surface area contributed by atoms with Crippen molar-refractivity contribution in [3.63, 3.8) is 0 Å². The van der Waals surface area contributed by atoms with Crippen LogP contribution in [0, 0.1) is 0 Å².